The summed E-state index contributed by atoms with van der Waals surface area (Å²) >= 11 is 0. The van der Waals surface area contributed by atoms with Gasteiger partial charge in [-0.05, 0) is 83.3 Å². The summed E-state index contributed by atoms with van der Waals surface area (Å²) in [5.74, 6) is 3.17. The summed E-state index contributed by atoms with van der Waals surface area (Å²) in [5.41, 5.74) is 5.29. The van der Waals surface area contributed by atoms with Gasteiger partial charge in [0.05, 0.1) is 14.2 Å². The second-order valence-electron chi connectivity index (χ2n) is 12.5. The molecule has 0 aliphatic heterocycles. The second-order valence-corrected chi connectivity index (χ2v) is 12.5. The topological polar surface area (TPSA) is 18.5 Å². The highest BCUT2D eigenvalue weighted by molar-refractivity contribution is 5.57. The maximum absolute atomic E-state index is 5.99. The molecule has 2 aliphatic carbocycles. The van der Waals surface area contributed by atoms with Crippen LogP contribution in [-0.2, 0) is 0 Å². The number of methoxy groups -OCH3 is 2. The molecular formula is C27H44O2. The molecule has 0 spiro atoms. The van der Waals surface area contributed by atoms with Crippen molar-refractivity contribution in [1.29, 1.82) is 0 Å². The van der Waals surface area contributed by atoms with Crippen LogP contribution in [-0.4, -0.2) is 14.2 Å². The third-order valence-corrected chi connectivity index (χ3v) is 9.50. The van der Waals surface area contributed by atoms with Crippen LogP contribution in [0.1, 0.15) is 110 Å². The average molecular weight is 401 g/mol. The first-order valence-corrected chi connectivity index (χ1v) is 11.4. The molecule has 3 rings (SSSR count). The minimum Gasteiger partial charge on any atom is -0.496 e. The van der Waals surface area contributed by atoms with Crippen LogP contribution in [0.3, 0.4) is 0 Å². The Bertz CT molecular complexity index is 688. The molecule has 0 radical (unpaired) electrons. The Morgan fingerprint density at radius 2 is 0.897 bits per heavy atom. The van der Waals surface area contributed by atoms with Crippen molar-refractivity contribution in [2.24, 2.45) is 21.7 Å². The normalized spacial score (nSPS) is 25.3. The highest BCUT2D eigenvalue weighted by Crippen LogP contribution is 2.62. The van der Waals surface area contributed by atoms with Gasteiger partial charge >= 0.3 is 0 Å². The number of benzene rings is 1. The smallest absolute Gasteiger partial charge is 0.128 e. The predicted molar refractivity (Wildman–Crippen MR) is 123 cm³/mol. The molecule has 2 fully saturated rings. The molecular weight excluding hydrogens is 356 g/mol. The van der Waals surface area contributed by atoms with Crippen LogP contribution in [0.25, 0.3) is 0 Å². The van der Waals surface area contributed by atoms with E-state index in [0.29, 0.717) is 33.5 Å². The van der Waals surface area contributed by atoms with Crippen molar-refractivity contribution < 1.29 is 9.47 Å². The predicted octanol–water partition coefficient (Wildman–Crippen LogP) is 7.87. The van der Waals surface area contributed by atoms with Crippen LogP contribution in [0.2, 0.25) is 0 Å². The lowest BCUT2D eigenvalue weighted by Crippen LogP contribution is -2.25. The van der Waals surface area contributed by atoms with Crippen molar-refractivity contribution in [3.63, 3.8) is 0 Å². The van der Waals surface area contributed by atoms with E-state index in [9.17, 15) is 0 Å². The van der Waals surface area contributed by atoms with Crippen molar-refractivity contribution in [2.45, 2.75) is 99.8 Å². The molecule has 2 heteroatoms. The summed E-state index contributed by atoms with van der Waals surface area (Å²) in [5, 5.41) is 0. The first kappa shape index (κ1) is 22.5. The van der Waals surface area contributed by atoms with Crippen LogP contribution in [0, 0.1) is 28.6 Å². The van der Waals surface area contributed by atoms with Crippen molar-refractivity contribution in [1.82, 2.24) is 0 Å². The van der Waals surface area contributed by atoms with Gasteiger partial charge in [0.15, 0.2) is 0 Å². The molecule has 2 saturated carbocycles. The zero-order valence-electron chi connectivity index (χ0n) is 20.9. The maximum Gasteiger partial charge on any atom is 0.128 e. The highest BCUT2D eigenvalue weighted by atomic mass is 16.5. The van der Waals surface area contributed by atoms with E-state index in [-0.39, 0.29) is 0 Å². The van der Waals surface area contributed by atoms with Crippen molar-refractivity contribution in [3.8, 4) is 11.5 Å². The number of ether oxygens (including phenoxy) is 2. The van der Waals surface area contributed by atoms with E-state index >= 15 is 0 Å². The molecule has 0 unspecified atom stereocenters. The lowest BCUT2D eigenvalue weighted by Gasteiger charge is -2.34. The summed E-state index contributed by atoms with van der Waals surface area (Å²) < 4.78 is 12.0. The maximum atomic E-state index is 5.99. The SMILES string of the molecule is COc1c(C2CC(C)(C)C(C)(C)C2)cc(C2CC(C)(C)C(C)(C)C2)c(OC)c1C. The van der Waals surface area contributed by atoms with Gasteiger partial charge in [0.2, 0.25) is 0 Å². The Balaban J connectivity index is 2.12. The molecule has 2 aliphatic rings. The lowest BCUT2D eigenvalue weighted by atomic mass is 9.71. The molecule has 0 atom stereocenters. The van der Waals surface area contributed by atoms with E-state index in [1.165, 1.54) is 42.4 Å². The van der Waals surface area contributed by atoms with Crippen LogP contribution in [0.5, 0.6) is 11.5 Å². The number of rotatable bonds is 4. The third kappa shape index (κ3) is 3.49. The van der Waals surface area contributed by atoms with Crippen LogP contribution in [0.15, 0.2) is 6.07 Å². The fraction of sp³-hybridized carbons (Fsp3) is 0.778. The molecule has 0 N–H and O–H groups in total. The zero-order valence-corrected chi connectivity index (χ0v) is 20.9. The van der Waals surface area contributed by atoms with Gasteiger partial charge in [-0.3, -0.25) is 0 Å². The number of hydrogen-bond acceptors (Lipinski definition) is 2. The fourth-order valence-corrected chi connectivity index (χ4v) is 6.14. The molecule has 0 saturated heterocycles. The van der Waals surface area contributed by atoms with Gasteiger partial charge in [0.25, 0.3) is 0 Å². The molecule has 0 aromatic heterocycles. The highest BCUT2D eigenvalue weighted by Gasteiger charge is 2.49. The van der Waals surface area contributed by atoms with E-state index in [2.05, 4.69) is 68.4 Å². The Labute approximate surface area is 179 Å². The summed E-state index contributed by atoms with van der Waals surface area (Å²) in [4.78, 5) is 0. The standard InChI is InChI=1S/C27H44O2/c1-17-22(28-10)20(18-13-24(2,3)25(4,5)14-18)12-21(23(17)29-11)19-15-26(6,7)27(8,9)16-19/h12,18-19H,13-16H2,1-11H3. The lowest BCUT2D eigenvalue weighted by molar-refractivity contribution is 0.157. The largest absolute Gasteiger partial charge is 0.496 e. The summed E-state index contributed by atoms with van der Waals surface area (Å²) in [6.45, 7) is 21.6. The summed E-state index contributed by atoms with van der Waals surface area (Å²) in [7, 11) is 3.63. The molecule has 29 heavy (non-hydrogen) atoms. The average Bonchev–Trinajstić information content (AvgIpc) is 2.93. The number of hydrogen-bond donors (Lipinski definition) is 0. The Morgan fingerprint density at radius 1 is 0.621 bits per heavy atom. The molecule has 2 nitrogen and oxygen atoms in total. The van der Waals surface area contributed by atoms with Gasteiger partial charge in [-0.15, -0.1) is 0 Å². The van der Waals surface area contributed by atoms with E-state index in [1.807, 2.05) is 14.2 Å². The van der Waals surface area contributed by atoms with Gasteiger partial charge in [-0.2, -0.15) is 0 Å². The fourth-order valence-electron chi connectivity index (χ4n) is 6.14. The van der Waals surface area contributed by atoms with E-state index in [4.69, 9.17) is 9.47 Å². The van der Waals surface area contributed by atoms with Crippen molar-refractivity contribution in [3.05, 3.63) is 22.8 Å². The minimum absolute atomic E-state index is 0.327. The summed E-state index contributed by atoms with van der Waals surface area (Å²) in [6, 6.07) is 2.47. The van der Waals surface area contributed by atoms with Crippen LogP contribution < -0.4 is 9.47 Å². The molecule has 1 aromatic rings. The van der Waals surface area contributed by atoms with Gasteiger partial charge in [-0.1, -0.05) is 55.4 Å². The Kier molecular flexibility index (Phi) is 5.37. The van der Waals surface area contributed by atoms with E-state index in [1.54, 1.807) is 0 Å². The van der Waals surface area contributed by atoms with E-state index < -0.39 is 0 Å². The van der Waals surface area contributed by atoms with Gasteiger partial charge in [0.1, 0.15) is 11.5 Å². The van der Waals surface area contributed by atoms with Gasteiger partial charge in [0, 0.05) is 5.56 Å². The first-order chi connectivity index (χ1) is 13.2. The third-order valence-electron chi connectivity index (χ3n) is 9.50. The second kappa shape index (κ2) is 6.92. The molecule has 0 heterocycles. The molecule has 1 aromatic carbocycles. The van der Waals surface area contributed by atoms with Crippen LogP contribution in [0.4, 0.5) is 0 Å². The quantitative estimate of drug-likeness (QED) is 0.512. The van der Waals surface area contributed by atoms with Gasteiger partial charge in [-0.25, -0.2) is 0 Å². The molecule has 0 bridgehead atoms. The van der Waals surface area contributed by atoms with Crippen molar-refractivity contribution in [2.75, 3.05) is 14.2 Å². The van der Waals surface area contributed by atoms with E-state index in [0.717, 1.165) is 11.5 Å². The van der Waals surface area contributed by atoms with Crippen molar-refractivity contribution >= 4 is 0 Å². The molecule has 0 amide bonds. The van der Waals surface area contributed by atoms with Crippen LogP contribution >= 0.6 is 0 Å². The Hall–Kier alpha value is -1.18. The van der Waals surface area contributed by atoms with Gasteiger partial charge < -0.3 is 9.47 Å². The zero-order chi connectivity index (χ0) is 22.0. The monoisotopic (exact) mass is 400 g/mol. The Morgan fingerprint density at radius 3 is 1.14 bits per heavy atom. The molecule has 164 valence electrons. The summed E-state index contributed by atoms with van der Waals surface area (Å²) in [6.07, 6.45) is 4.85. The first-order valence-electron chi connectivity index (χ1n) is 11.4. The minimum atomic E-state index is 0.327.